The molecule has 1 unspecified atom stereocenters. The monoisotopic (exact) mass is 1690 g/mol. The minimum atomic E-state index is -0.696. The number of anilines is 5. The Labute approximate surface area is 664 Å². The molecule has 1 atom stereocenters. The van der Waals surface area contributed by atoms with Gasteiger partial charge in [-0.25, -0.2) is 19.4 Å². The second-order valence-corrected chi connectivity index (χ2v) is 26.8. The van der Waals surface area contributed by atoms with Crippen LogP contribution in [0.1, 0.15) is 65.1 Å². The van der Waals surface area contributed by atoms with E-state index in [0.717, 1.165) is 40.8 Å². The summed E-state index contributed by atoms with van der Waals surface area (Å²) in [6.07, 6.45) is 5.06. The molecule has 11 amide bonds. The third-order valence-corrected chi connectivity index (χ3v) is 17.8. The van der Waals surface area contributed by atoms with Gasteiger partial charge in [-0.3, -0.25) is 62.2 Å². The van der Waals surface area contributed by atoms with Gasteiger partial charge in [0.25, 0.3) is 53.2 Å². The maximum Gasteiger partial charge on any atom is 0.422 e. The third-order valence-electron chi connectivity index (χ3n) is 17.8. The van der Waals surface area contributed by atoms with Crippen molar-refractivity contribution in [2.24, 2.45) is 11.7 Å². The molecule has 9 N–H and O–H groups in total. The lowest BCUT2D eigenvalue weighted by atomic mass is 10.1. The first kappa shape index (κ1) is 90.8. The SMILES string of the molecule is CN.CNC(=O)c1ccccc1NCC[N+](C)(C)CCNC(=O)c1ccc(N2C(=O)C=CC2=O)cc1.CNC(=O)c1ccccc1NCC[N+](C)(C)CCNC(=O)c1ccc(N2C(=O)CC(C)C2=O)cc1.C[N+](C)(CCNC(=O)c1ccc(N2C(=O)C=CC2=O)cc1)CCn1c(=O)oc(=O)c2ccccc21.[Br-].[Br-].[Br-]. The van der Waals surface area contributed by atoms with Gasteiger partial charge < -0.3 is 112 Å². The average Bonchev–Trinajstić information content (AvgIpc) is 1.64. The molecule has 1 saturated heterocycles. The number of amides is 11. The molecule has 32 heteroatoms. The Bertz CT molecular complexity index is 4550. The lowest BCUT2D eigenvalue weighted by Gasteiger charge is -2.30. The quantitative estimate of drug-likeness (QED) is 0.0168. The summed E-state index contributed by atoms with van der Waals surface area (Å²) < 4.78 is 8.14. The van der Waals surface area contributed by atoms with Crippen LogP contribution in [0.25, 0.3) is 10.9 Å². The van der Waals surface area contributed by atoms with E-state index >= 15 is 0 Å². The van der Waals surface area contributed by atoms with Crippen molar-refractivity contribution < 1.29 is 122 Å². The van der Waals surface area contributed by atoms with Crippen LogP contribution in [0.4, 0.5) is 28.4 Å². The average molecular weight is 1690 g/mol. The predicted octanol–water partition coefficient (Wildman–Crippen LogP) is -5.26. The summed E-state index contributed by atoms with van der Waals surface area (Å²) in [5, 5.41) is 21.0. The van der Waals surface area contributed by atoms with Crippen molar-refractivity contribution >= 4 is 104 Å². The van der Waals surface area contributed by atoms with Crippen LogP contribution >= 0.6 is 0 Å². The van der Waals surface area contributed by atoms with Crippen molar-refractivity contribution in [3.8, 4) is 0 Å². The topological polar surface area (TPSA) is 360 Å². The number of para-hydroxylation sites is 3. The van der Waals surface area contributed by atoms with E-state index in [1.807, 2.05) is 50.5 Å². The fraction of sp³-hybridized carbons (Fsp3) is 0.312. The van der Waals surface area contributed by atoms with E-state index in [0.29, 0.717) is 128 Å². The minimum Gasteiger partial charge on any atom is -1.00 e. The number of quaternary nitrogens is 3. The Balaban J connectivity index is 0.000000337. The Morgan fingerprint density at radius 2 is 0.761 bits per heavy atom. The van der Waals surface area contributed by atoms with Crippen LogP contribution < -0.4 is 120 Å². The summed E-state index contributed by atoms with van der Waals surface area (Å²) in [4.78, 5) is 160. The van der Waals surface area contributed by atoms with E-state index in [1.165, 1.54) is 40.8 Å². The predicted molar refractivity (Wildman–Crippen MR) is 405 cm³/mol. The maximum absolute atomic E-state index is 12.6. The summed E-state index contributed by atoms with van der Waals surface area (Å²) in [6.45, 7) is 8.95. The molecule has 1 aromatic heterocycles. The van der Waals surface area contributed by atoms with Crippen molar-refractivity contribution in [3.05, 3.63) is 219 Å². The molecule has 6 aromatic carbocycles. The normalized spacial score (nSPS) is 13.6. The second kappa shape index (κ2) is 42.2. The Morgan fingerprint density at radius 3 is 1.12 bits per heavy atom. The molecule has 7 aromatic rings. The van der Waals surface area contributed by atoms with Crippen molar-refractivity contribution in [1.29, 1.82) is 0 Å². The van der Waals surface area contributed by atoms with E-state index in [-0.39, 0.29) is 105 Å². The zero-order chi connectivity index (χ0) is 77.5. The van der Waals surface area contributed by atoms with Crippen LogP contribution in [0, 0.1) is 5.92 Å². The fourth-order valence-electron chi connectivity index (χ4n) is 11.4. The lowest BCUT2D eigenvalue weighted by molar-refractivity contribution is -0.889. The standard InChI is InChI=1S/C26H33N5O4.C25H29N5O4.C25H24N4O6.CH5N.3BrH/c1-18-17-23(32)30(26(18)35)20-11-9-19(10-12-20)24(33)29-14-16-31(3,4)15-13-28-22-8-6-5-7-21(22)25(34)27-2;1-26-25(34)20-6-4-5-7-21(20)27-14-16-30(2,3)17-15-28-24(33)18-8-10-19(11-9-18)29-22(31)12-13-23(29)32;1-29(2,16-14-27-20-6-4-3-5-19(20)24(33)35-25(27)34)15-13-26-23(32)17-7-9-18(10-8-17)28-21(30)11-12-22(28)31;1-2;;;/h5-12,18H,13-17H2,1-4H3,(H2-,27,28,29,33,34);4-13H,14-17H2,1-3H3,(H2-,26,27,28,33,34);3-12H,13-16H2,1-2H3;2H2,1H3;3*1H. The zero-order valence-corrected chi connectivity index (χ0v) is 67.3. The number of imide groups is 3. The second-order valence-electron chi connectivity index (χ2n) is 26.8. The summed E-state index contributed by atoms with van der Waals surface area (Å²) in [6, 6.07) is 40.7. The number of fused-ring (bicyclic) bond motifs is 1. The smallest absolute Gasteiger partial charge is 0.422 e. The van der Waals surface area contributed by atoms with Crippen LogP contribution in [-0.4, -0.2) is 218 Å². The molecular weight excluding hydrogens is 1600 g/mol. The minimum absolute atomic E-state index is 0. The van der Waals surface area contributed by atoms with Gasteiger partial charge in [0.05, 0.1) is 160 Å². The summed E-state index contributed by atoms with van der Waals surface area (Å²) in [5.41, 5.74) is 9.80. The molecule has 10 rings (SSSR count). The van der Waals surface area contributed by atoms with Crippen molar-refractivity contribution in [2.45, 2.75) is 19.9 Å². The fourth-order valence-corrected chi connectivity index (χ4v) is 11.4. The van der Waals surface area contributed by atoms with Crippen LogP contribution in [0.2, 0.25) is 0 Å². The number of nitrogens with two attached hydrogens (primary N) is 1. The number of halogens is 3. The number of hydrogen-bond acceptors (Lipinski definition) is 17. The molecule has 29 nitrogen and oxygen atoms in total. The molecular formula is C77H94Br3N15O14. The van der Waals surface area contributed by atoms with Crippen LogP contribution in [-0.2, 0) is 35.3 Å². The molecule has 0 saturated carbocycles. The molecule has 582 valence electrons. The van der Waals surface area contributed by atoms with Gasteiger partial charge in [-0.05, 0) is 116 Å². The van der Waals surface area contributed by atoms with Crippen molar-refractivity contribution in [1.82, 2.24) is 31.2 Å². The largest absolute Gasteiger partial charge is 1.00 e. The van der Waals surface area contributed by atoms with E-state index in [9.17, 15) is 62.3 Å². The lowest BCUT2D eigenvalue weighted by Crippen LogP contribution is -3.00. The number of carbonyl (C=O) groups is 11. The highest BCUT2D eigenvalue weighted by molar-refractivity contribution is 6.29. The molecule has 0 radical (unpaired) electrons. The summed E-state index contributed by atoms with van der Waals surface area (Å²) in [7, 11) is 17.0. The van der Waals surface area contributed by atoms with E-state index in [4.69, 9.17) is 4.42 Å². The number of likely N-dealkylation sites (N-methyl/N-ethyl adjacent to an activating group) is 3. The van der Waals surface area contributed by atoms with Gasteiger partial charge in [-0.1, -0.05) is 43.3 Å². The highest BCUT2D eigenvalue weighted by Crippen LogP contribution is 2.27. The summed E-state index contributed by atoms with van der Waals surface area (Å²) >= 11 is 0. The molecule has 0 aliphatic carbocycles. The van der Waals surface area contributed by atoms with Gasteiger partial charge >= 0.3 is 11.4 Å². The van der Waals surface area contributed by atoms with E-state index < -0.39 is 35.0 Å². The van der Waals surface area contributed by atoms with Crippen molar-refractivity contribution in [2.75, 3.05) is 161 Å². The zero-order valence-electron chi connectivity index (χ0n) is 62.5. The molecule has 1 fully saturated rings. The Morgan fingerprint density at radius 1 is 0.431 bits per heavy atom. The van der Waals surface area contributed by atoms with Gasteiger partial charge in [0.15, 0.2) is 0 Å². The first-order chi connectivity index (χ1) is 50.5. The first-order valence-corrected chi connectivity index (χ1v) is 34.4. The van der Waals surface area contributed by atoms with Crippen molar-refractivity contribution in [3.63, 3.8) is 0 Å². The third kappa shape index (κ3) is 25.2. The van der Waals surface area contributed by atoms with Gasteiger partial charge in [0.2, 0.25) is 11.8 Å². The highest BCUT2D eigenvalue weighted by atomic mass is 79.9. The molecule has 109 heavy (non-hydrogen) atoms. The highest BCUT2D eigenvalue weighted by Gasteiger charge is 2.37. The van der Waals surface area contributed by atoms with Crippen LogP contribution in [0.15, 0.2) is 184 Å². The van der Waals surface area contributed by atoms with Gasteiger partial charge in [0.1, 0.15) is 0 Å². The number of nitrogens with one attached hydrogen (secondary N) is 7. The number of nitrogens with zero attached hydrogens (tertiary/aromatic N) is 7. The van der Waals surface area contributed by atoms with E-state index in [2.05, 4.69) is 71.1 Å². The molecule has 3 aliphatic heterocycles. The maximum atomic E-state index is 12.6. The van der Waals surface area contributed by atoms with Crippen LogP contribution in [0.3, 0.4) is 0 Å². The molecule has 0 bridgehead atoms. The Kier molecular flexibility index (Phi) is 35.2. The molecule has 3 aliphatic rings. The van der Waals surface area contributed by atoms with Gasteiger partial charge in [-0.2, -0.15) is 0 Å². The first-order valence-electron chi connectivity index (χ1n) is 34.4. The number of rotatable bonds is 28. The number of carbonyl (C=O) groups excluding carboxylic acids is 11. The number of aromatic nitrogens is 1. The van der Waals surface area contributed by atoms with Gasteiger partial charge in [-0.15, -0.1) is 0 Å². The number of hydrogen-bond donors (Lipinski definition) is 8. The molecule has 4 heterocycles. The van der Waals surface area contributed by atoms with Gasteiger partial charge in [0, 0.05) is 78.8 Å². The molecule has 0 spiro atoms. The Hall–Kier alpha value is -10.6. The van der Waals surface area contributed by atoms with Crippen LogP contribution in [0.5, 0.6) is 0 Å². The summed E-state index contributed by atoms with van der Waals surface area (Å²) in [5.74, 6) is -4.03. The van der Waals surface area contributed by atoms with E-state index in [1.54, 1.807) is 130 Å². The number of benzene rings is 6.